The normalized spacial score (nSPS) is 17.4. The van der Waals surface area contributed by atoms with E-state index in [4.69, 9.17) is 16.3 Å². The van der Waals surface area contributed by atoms with Crippen molar-refractivity contribution in [3.05, 3.63) is 64.7 Å². The molecule has 2 nitrogen and oxygen atoms in total. The maximum atomic E-state index is 6.16. The van der Waals surface area contributed by atoms with Gasteiger partial charge in [0.2, 0.25) is 0 Å². The van der Waals surface area contributed by atoms with E-state index in [1.54, 1.807) is 11.8 Å². The van der Waals surface area contributed by atoms with Crippen LogP contribution in [0.3, 0.4) is 0 Å². The third-order valence-corrected chi connectivity index (χ3v) is 5.07. The Morgan fingerprint density at radius 3 is 2.83 bits per heavy atom. The lowest BCUT2D eigenvalue weighted by atomic mass is 10.1. The fourth-order valence-corrected chi connectivity index (χ4v) is 3.62. The molecule has 118 valence electrons. The summed E-state index contributed by atoms with van der Waals surface area (Å²) in [6.07, 6.45) is 1.09. The summed E-state index contributed by atoms with van der Waals surface area (Å²) in [6.45, 7) is 2.80. The summed E-state index contributed by atoms with van der Waals surface area (Å²) in [6, 6.07) is 15.9. The fraction of sp³-hybridized carbons (Fsp3) is 0.263. The van der Waals surface area contributed by atoms with Crippen LogP contribution < -0.4 is 0 Å². The van der Waals surface area contributed by atoms with E-state index in [-0.39, 0.29) is 5.44 Å². The first-order valence-electron chi connectivity index (χ1n) is 7.62. The van der Waals surface area contributed by atoms with Gasteiger partial charge in [-0.05, 0) is 48.7 Å². The van der Waals surface area contributed by atoms with Gasteiger partial charge in [0.05, 0.1) is 5.69 Å². The second-order valence-corrected chi connectivity index (χ2v) is 6.95. The van der Waals surface area contributed by atoms with E-state index in [2.05, 4.69) is 23.0 Å². The summed E-state index contributed by atoms with van der Waals surface area (Å²) in [5, 5.41) is 0.706. The molecule has 0 aliphatic carbocycles. The van der Waals surface area contributed by atoms with Gasteiger partial charge in [-0.2, -0.15) is 0 Å². The topological polar surface area (TPSA) is 21.6 Å². The first-order valence-corrected chi connectivity index (χ1v) is 9.05. The SMILES string of the molecule is CC(=C=Nc1ccc(Cl)cc1C1OCCCS1)c1ccccc1. The number of hydrogen-bond donors (Lipinski definition) is 0. The molecular weight excluding hydrogens is 326 g/mol. The molecular formula is C19H18ClNOS. The largest absolute Gasteiger partial charge is 0.363 e. The fourth-order valence-electron chi connectivity index (χ4n) is 2.38. The summed E-state index contributed by atoms with van der Waals surface area (Å²) in [5.74, 6) is 4.24. The summed E-state index contributed by atoms with van der Waals surface area (Å²) < 4.78 is 5.86. The number of nitrogens with zero attached hydrogens (tertiary/aromatic N) is 1. The van der Waals surface area contributed by atoms with E-state index < -0.39 is 0 Å². The van der Waals surface area contributed by atoms with Gasteiger partial charge in [-0.25, -0.2) is 4.99 Å². The molecule has 3 rings (SSSR count). The number of aliphatic imine (C=N–C) groups is 1. The van der Waals surface area contributed by atoms with Gasteiger partial charge < -0.3 is 4.74 Å². The van der Waals surface area contributed by atoms with Gasteiger partial charge in [-0.1, -0.05) is 41.9 Å². The van der Waals surface area contributed by atoms with E-state index in [1.807, 2.05) is 43.3 Å². The Balaban J connectivity index is 1.94. The third kappa shape index (κ3) is 4.27. The van der Waals surface area contributed by atoms with Crippen LogP contribution in [0.15, 0.2) is 53.5 Å². The Morgan fingerprint density at radius 2 is 2.09 bits per heavy atom. The van der Waals surface area contributed by atoms with Gasteiger partial charge in [-0.3, -0.25) is 0 Å². The average molecular weight is 344 g/mol. The molecule has 2 aromatic carbocycles. The molecule has 1 aliphatic rings. The van der Waals surface area contributed by atoms with Crippen molar-refractivity contribution in [2.45, 2.75) is 18.8 Å². The number of allylic oxidation sites excluding steroid dienone is 1. The van der Waals surface area contributed by atoms with Crippen LogP contribution in [-0.2, 0) is 4.74 Å². The van der Waals surface area contributed by atoms with Crippen molar-refractivity contribution in [2.24, 2.45) is 4.99 Å². The second-order valence-electron chi connectivity index (χ2n) is 5.34. The number of halogens is 1. The predicted octanol–water partition coefficient (Wildman–Crippen LogP) is 5.90. The molecule has 1 saturated heterocycles. The quantitative estimate of drug-likeness (QED) is 0.647. The first kappa shape index (κ1) is 16.4. The van der Waals surface area contributed by atoms with Crippen molar-refractivity contribution in [1.29, 1.82) is 0 Å². The van der Waals surface area contributed by atoms with Crippen LogP contribution in [0.1, 0.15) is 29.9 Å². The molecule has 0 saturated carbocycles. The molecule has 0 spiro atoms. The molecule has 23 heavy (non-hydrogen) atoms. The molecule has 1 fully saturated rings. The summed E-state index contributed by atoms with van der Waals surface area (Å²) in [7, 11) is 0. The van der Waals surface area contributed by atoms with Crippen molar-refractivity contribution in [3.63, 3.8) is 0 Å². The van der Waals surface area contributed by atoms with E-state index in [0.717, 1.165) is 41.2 Å². The molecule has 2 aromatic rings. The number of thioether (sulfide) groups is 1. The van der Waals surface area contributed by atoms with Gasteiger partial charge in [0.1, 0.15) is 5.44 Å². The first-order chi connectivity index (χ1) is 11.2. The molecule has 0 amide bonds. The highest BCUT2D eigenvalue weighted by Crippen LogP contribution is 2.40. The number of benzene rings is 2. The Bertz CT molecular complexity index is 732. The highest BCUT2D eigenvalue weighted by Gasteiger charge is 2.20. The summed E-state index contributed by atoms with van der Waals surface area (Å²) in [5.41, 5.74) is 4.01. The number of ether oxygens (including phenoxy) is 1. The van der Waals surface area contributed by atoms with Crippen LogP contribution in [0.2, 0.25) is 5.02 Å². The Kier molecular flexibility index (Phi) is 5.58. The monoisotopic (exact) mass is 343 g/mol. The third-order valence-electron chi connectivity index (χ3n) is 3.62. The van der Waals surface area contributed by atoms with Gasteiger partial charge >= 0.3 is 0 Å². The molecule has 1 aliphatic heterocycles. The standard InChI is InChI=1S/C19H18ClNOS/c1-14(15-6-3-2-4-7-15)13-21-18-9-8-16(20)12-17(18)19-22-10-5-11-23-19/h2-4,6-9,12,19H,5,10-11H2,1H3. The van der Waals surface area contributed by atoms with E-state index in [9.17, 15) is 0 Å². The predicted molar refractivity (Wildman–Crippen MR) is 99.8 cm³/mol. The minimum atomic E-state index is 0.0000291. The zero-order valence-corrected chi connectivity index (χ0v) is 14.5. The Hall–Kier alpha value is -1.51. The van der Waals surface area contributed by atoms with Gasteiger partial charge in [0.15, 0.2) is 0 Å². The molecule has 0 radical (unpaired) electrons. The maximum Gasteiger partial charge on any atom is 0.130 e. The van der Waals surface area contributed by atoms with E-state index in [0.29, 0.717) is 5.02 Å². The molecule has 1 heterocycles. The van der Waals surface area contributed by atoms with Crippen molar-refractivity contribution < 1.29 is 4.74 Å². The van der Waals surface area contributed by atoms with Gasteiger partial charge in [0, 0.05) is 22.8 Å². The lowest BCUT2D eigenvalue weighted by Gasteiger charge is -2.23. The highest BCUT2D eigenvalue weighted by molar-refractivity contribution is 7.99. The molecule has 1 unspecified atom stereocenters. The average Bonchev–Trinajstić information content (AvgIpc) is 2.62. The summed E-state index contributed by atoms with van der Waals surface area (Å²) in [4.78, 5) is 4.56. The number of rotatable bonds is 3. The van der Waals surface area contributed by atoms with Crippen molar-refractivity contribution in [2.75, 3.05) is 12.4 Å². The Morgan fingerprint density at radius 1 is 1.26 bits per heavy atom. The van der Waals surface area contributed by atoms with Crippen LogP contribution in [0.25, 0.3) is 5.57 Å². The van der Waals surface area contributed by atoms with Crippen LogP contribution in [0.5, 0.6) is 0 Å². The zero-order valence-electron chi connectivity index (χ0n) is 13.0. The molecule has 4 heteroatoms. The summed E-state index contributed by atoms with van der Waals surface area (Å²) >= 11 is 7.96. The second kappa shape index (κ2) is 7.85. The molecule has 0 bridgehead atoms. The van der Waals surface area contributed by atoms with Crippen molar-refractivity contribution in [3.8, 4) is 0 Å². The lowest BCUT2D eigenvalue weighted by molar-refractivity contribution is 0.107. The van der Waals surface area contributed by atoms with Gasteiger partial charge in [-0.15, -0.1) is 11.8 Å². The lowest BCUT2D eigenvalue weighted by Crippen LogP contribution is -2.09. The van der Waals surface area contributed by atoms with Crippen LogP contribution in [-0.4, -0.2) is 18.2 Å². The zero-order chi connectivity index (χ0) is 16.1. The van der Waals surface area contributed by atoms with Crippen LogP contribution in [0.4, 0.5) is 5.69 Å². The van der Waals surface area contributed by atoms with Crippen LogP contribution >= 0.6 is 23.4 Å². The molecule has 0 aromatic heterocycles. The van der Waals surface area contributed by atoms with Crippen molar-refractivity contribution >= 4 is 40.5 Å². The minimum absolute atomic E-state index is 0.0000291. The van der Waals surface area contributed by atoms with E-state index >= 15 is 0 Å². The van der Waals surface area contributed by atoms with Gasteiger partial charge in [0.25, 0.3) is 0 Å². The highest BCUT2D eigenvalue weighted by atomic mass is 35.5. The van der Waals surface area contributed by atoms with Crippen molar-refractivity contribution in [1.82, 2.24) is 0 Å². The number of hydrogen-bond acceptors (Lipinski definition) is 3. The minimum Gasteiger partial charge on any atom is -0.363 e. The van der Waals surface area contributed by atoms with E-state index in [1.165, 1.54) is 0 Å². The van der Waals surface area contributed by atoms with Crippen LogP contribution in [0, 0.1) is 0 Å². The maximum absolute atomic E-state index is 6.16. The molecule has 0 N–H and O–H groups in total. The smallest absolute Gasteiger partial charge is 0.130 e. The Labute approximate surface area is 146 Å². The molecule has 1 atom stereocenters.